The number of imidazole rings is 1. The van der Waals surface area contributed by atoms with Crippen LogP contribution in [0, 0.1) is 25.2 Å². The number of nitrogens with zero attached hydrogens (tertiary/aromatic N) is 5. The van der Waals surface area contributed by atoms with Gasteiger partial charge < -0.3 is 4.98 Å². The number of aryl methyl sites for hydroxylation is 2. The summed E-state index contributed by atoms with van der Waals surface area (Å²) < 4.78 is 0. The summed E-state index contributed by atoms with van der Waals surface area (Å²) in [6.45, 7) is 3.92. The molecule has 1 N–H and O–H groups in total. The molecule has 0 saturated carbocycles. The summed E-state index contributed by atoms with van der Waals surface area (Å²) in [5.74, 6) is 0.810. The molecule has 6 heteroatoms. The number of benzene rings is 2. The highest BCUT2D eigenvalue weighted by molar-refractivity contribution is 5.84. The standard InChI is InChI=1S/C26H20N6/c1-16-6-7-18(12-20(16)15-27)13-24-31-25(26(32-24)22-5-3-4-17(2)30-22)19-8-9-21-23(14-19)29-11-10-28-21/h3-12,14H,13H2,1-2H3,(H,31,32). The van der Waals surface area contributed by atoms with Gasteiger partial charge in [0, 0.05) is 30.1 Å². The Balaban J connectivity index is 1.63. The number of aromatic nitrogens is 5. The van der Waals surface area contributed by atoms with Crippen LogP contribution in [0.4, 0.5) is 0 Å². The second kappa shape index (κ2) is 8.05. The van der Waals surface area contributed by atoms with Gasteiger partial charge in [-0.25, -0.2) is 4.98 Å². The molecule has 0 amide bonds. The molecule has 0 unspecified atom stereocenters. The number of hydrogen-bond donors (Lipinski definition) is 1. The lowest BCUT2D eigenvalue weighted by atomic mass is 10.0. The van der Waals surface area contributed by atoms with E-state index in [2.05, 4.69) is 21.0 Å². The maximum absolute atomic E-state index is 9.37. The fourth-order valence-corrected chi connectivity index (χ4v) is 3.79. The number of rotatable bonds is 4. The van der Waals surface area contributed by atoms with Gasteiger partial charge in [0.2, 0.25) is 0 Å². The Labute approximate surface area is 185 Å². The highest BCUT2D eigenvalue weighted by Crippen LogP contribution is 2.31. The molecule has 0 radical (unpaired) electrons. The van der Waals surface area contributed by atoms with Gasteiger partial charge in [-0.15, -0.1) is 0 Å². The van der Waals surface area contributed by atoms with Gasteiger partial charge in [0.25, 0.3) is 0 Å². The van der Waals surface area contributed by atoms with Crippen molar-refractivity contribution >= 4 is 11.0 Å². The molecule has 0 bridgehead atoms. The van der Waals surface area contributed by atoms with Crippen molar-refractivity contribution in [1.82, 2.24) is 24.9 Å². The third-order valence-corrected chi connectivity index (χ3v) is 5.43. The van der Waals surface area contributed by atoms with Gasteiger partial charge in [-0.3, -0.25) is 15.0 Å². The summed E-state index contributed by atoms with van der Waals surface area (Å²) in [5, 5.41) is 9.37. The van der Waals surface area contributed by atoms with Crippen molar-refractivity contribution in [1.29, 1.82) is 5.26 Å². The first-order valence-corrected chi connectivity index (χ1v) is 10.3. The molecule has 0 aliphatic heterocycles. The van der Waals surface area contributed by atoms with Gasteiger partial charge in [0.1, 0.15) is 5.82 Å². The van der Waals surface area contributed by atoms with Crippen molar-refractivity contribution in [2.75, 3.05) is 0 Å². The predicted octanol–water partition coefficient (Wildman–Crippen LogP) is 5.16. The van der Waals surface area contributed by atoms with Crippen LogP contribution in [0.2, 0.25) is 0 Å². The van der Waals surface area contributed by atoms with E-state index >= 15 is 0 Å². The largest absolute Gasteiger partial charge is 0.340 e. The second-order valence-electron chi connectivity index (χ2n) is 7.77. The predicted molar refractivity (Wildman–Crippen MR) is 124 cm³/mol. The second-order valence-corrected chi connectivity index (χ2v) is 7.77. The monoisotopic (exact) mass is 416 g/mol. The van der Waals surface area contributed by atoms with Gasteiger partial charge in [-0.05, 0) is 55.3 Å². The molecule has 6 nitrogen and oxygen atoms in total. The van der Waals surface area contributed by atoms with Crippen molar-refractivity contribution in [2.45, 2.75) is 20.3 Å². The van der Waals surface area contributed by atoms with Gasteiger partial charge in [0.15, 0.2) is 0 Å². The van der Waals surface area contributed by atoms with E-state index in [1.54, 1.807) is 12.4 Å². The van der Waals surface area contributed by atoms with Gasteiger partial charge in [-0.2, -0.15) is 5.26 Å². The smallest absolute Gasteiger partial charge is 0.111 e. The van der Waals surface area contributed by atoms with Gasteiger partial charge in [-0.1, -0.05) is 24.3 Å². The highest BCUT2D eigenvalue weighted by atomic mass is 15.0. The summed E-state index contributed by atoms with van der Waals surface area (Å²) in [6, 6.07) is 20.1. The first-order valence-electron chi connectivity index (χ1n) is 10.3. The number of fused-ring (bicyclic) bond motifs is 1. The van der Waals surface area contributed by atoms with E-state index in [4.69, 9.17) is 9.97 Å². The van der Waals surface area contributed by atoms with Crippen LogP contribution in [0.25, 0.3) is 33.7 Å². The summed E-state index contributed by atoms with van der Waals surface area (Å²) in [5.41, 5.74) is 8.73. The third kappa shape index (κ3) is 3.72. The van der Waals surface area contributed by atoms with Crippen LogP contribution in [0.3, 0.4) is 0 Å². The molecule has 5 rings (SSSR count). The zero-order chi connectivity index (χ0) is 22.1. The highest BCUT2D eigenvalue weighted by Gasteiger charge is 2.17. The zero-order valence-corrected chi connectivity index (χ0v) is 17.8. The lowest BCUT2D eigenvalue weighted by Gasteiger charge is -2.04. The molecule has 154 valence electrons. The molecule has 32 heavy (non-hydrogen) atoms. The third-order valence-electron chi connectivity index (χ3n) is 5.43. The van der Waals surface area contributed by atoms with Crippen molar-refractivity contribution in [2.24, 2.45) is 0 Å². The van der Waals surface area contributed by atoms with E-state index < -0.39 is 0 Å². The number of H-pyrrole nitrogens is 1. The summed E-state index contributed by atoms with van der Waals surface area (Å²) in [7, 11) is 0. The Hall–Kier alpha value is -4.37. The first-order chi connectivity index (χ1) is 15.6. The molecule has 2 aromatic carbocycles. The molecular formula is C26H20N6. The topological polar surface area (TPSA) is 91.1 Å². The zero-order valence-electron chi connectivity index (χ0n) is 17.8. The molecule has 3 heterocycles. The van der Waals surface area contributed by atoms with E-state index in [9.17, 15) is 5.26 Å². The first kappa shape index (κ1) is 19.6. The maximum atomic E-state index is 9.37. The molecule has 0 aliphatic rings. The lowest BCUT2D eigenvalue weighted by molar-refractivity contribution is 1.02. The molecule has 3 aromatic heterocycles. The Morgan fingerprint density at radius 2 is 1.75 bits per heavy atom. The number of pyridine rings is 1. The van der Waals surface area contributed by atoms with E-state index in [0.717, 1.165) is 56.3 Å². The Morgan fingerprint density at radius 3 is 2.56 bits per heavy atom. The normalized spacial score (nSPS) is 10.9. The Bertz CT molecular complexity index is 1490. The minimum atomic E-state index is 0.584. The minimum Gasteiger partial charge on any atom is -0.340 e. The summed E-state index contributed by atoms with van der Waals surface area (Å²) in [4.78, 5) is 21.9. The molecule has 0 atom stereocenters. The SMILES string of the molecule is Cc1cccc(-c2[nH]c(Cc3ccc(C)c(C#N)c3)nc2-c2ccc3nccnc3c2)n1. The van der Waals surface area contributed by atoms with E-state index in [1.807, 2.05) is 68.4 Å². The summed E-state index contributed by atoms with van der Waals surface area (Å²) in [6.07, 6.45) is 3.96. The van der Waals surface area contributed by atoms with Crippen molar-refractivity contribution < 1.29 is 0 Å². The molecule has 0 saturated heterocycles. The molecular weight excluding hydrogens is 396 g/mol. The Kier molecular flexibility index (Phi) is 4.92. The van der Waals surface area contributed by atoms with Crippen molar-refractivity contribution in [3.63, 3.8) is 0 Å². The van der Waals surface area contributed by atoms with Gasteiger partial charge >= 0.3 is 0 Å². The molecule has 5 aromatic rings. The van der Waals surface area contributed by atoms with E-state index in [0.29, 0.717) is 12.0 Å². The van der Waals surface area contributed by atoms with E-state index in [-0.39, 0.29) is 0 Å². The summed E-state index contributed by atoms with van der Waals surface area (Å²) >= 11 is 0. The van der Waals surface area contributed by atoms with Crippen molar-refractivity contribution in [3.8, 4) is 28.7 Å². The number of nitriles is 1. The van der Waals surface area contributed by atoms with Crippen LogP contribution in [0.15, 0.2) is 67.0 Å². The average molecular weight is 416 g/mol. The average Bonchev–Trinajstić information content (AvgIpc) is 3.24. The van der Waals surface area contributed by atoms with Crippen LogP contribution >= 0.6 is 0 Å². The molecule has 0 aliphatic carbocycles. The van der Waals surface area contributed by atoms with E-state index in [1.165, 1.54) is 0 Å². The number of aromatic amines is 1. The fraction of sp³-hybridized carbons (Fsp3) is 0.115. The van der Waals surface area contributed by atoms with Crippen molar-refractivity contribution in [3.05, 3.63) is 95.2 Å². The van der Waals surface area contributed by atoms with Crippen LogP contribution in [0.1, 0.15) is 28.2 Å². The fourth-order valence-electron chi connectivity index (χ4n) is 3.79. The van der Waals surface area contributed by atoms with Crippen LogP contribution in [-0.4, -0.2) is 24.9 Å². The number of nitrogens with one attached hydrogen (secondary N) is 1. The van der Waals surface area contributed by atoms with Crippen LogP contribution in [0.5, 0.6) is 0 Å². The Morgan fingerprint density at radius 1 is 0.906 bits per heavy atom. The van der Waals surface area contributed by atoms with Crippen LogP contribution in [-0.2, 0) is 6.42 Å². The minimum absolute atomic E-state index is 0.584. The maximum Gasteiger partial charge on any atom is 0.111 e. The van der Waals surface area contributed by atoms with Gasteiger partial charge in [0.05, 0.1) is 39.7 Å². The molecule has 0 spiro atoms. The quantitative estimate of drug-likeness (QED) is 0.437. The molecule has 0 fully saturated rings. The van der Waals surface area contributed by atoms with Crippen LogP contribution < -0.4 is 0 Å². The number of hydrogen-bond acceptors (Lipinski definition) is 5. The lowest BCUT2D eigenvalue weighted by Crippen LogP contribution is -1.93.